The molecule has 36 heavy (non-hydrogen) atoms. The molecule has 0 N–H and O–H groups in total. The second kappa shape index (κ2) is 17.3. The van der Waals surface area contributed by atoms with E-state index in [-0.39, 0.29) is 24.8 Å². The molecule has 0 aliphatic carbocycles. The normalized spacial score (nSPS) is 12.1. The fourth-order valence-corrected chi connectivity index (χ4v) is 12.0. The lowest BCUT2D eigenvalue weighted by Crippen LogP contribution is -3.00. The zero-order chi connectivity index (χ0) is 26.1. The van der Waals surface area contributed by atoms with Crippen molar-refractivity contribution in [2.45, 2.75) is 12.3 Å². The fraction of sp³-hybridized carbons (Fsp3) is 0.538. The van der Waals surface area contributed by atoms with Gasteiger partial charge in [0.15, 0.2) is 0 Å². The van der Waals surface area contributed by atoms with Crippen molar-refractivity contribution >= 4 is 15.4 Å². The van der Waals surface area contributed by atoms with Crippen LogP contribution in [0.2, 0.25) is 0 Å². The lowest BCUT2D eigenvalue weighted by atomic mass is 10.2. The molecule has 0 heterocycles. The molecule has 0 fully saturated rings. The Balaban J connectivity index is 0. The maximum absolute atomic E-state index is 2.38. The van der Waals surface area contributed by atoms with Crippen LogP contribution in [0.5, 0.6) is 0 Å². The van der Waals surface area contributed by atoms with Crippen LogP contribution >= 0.6 is 15.4 Å². The minimum Gasteiger partial charge on any atom is -1.00 e. The second-order valence-electron chi connectivity index (χ2n) is 9.76. The van der Waals surface area contributed by atoms with Crippen LogP contribution in [0.4, 0.5) is 0 Å². The van der Waals surface area contributed by atoms with Gasteiger partial charge in [-0.1, -0.05) is 60.7 Å². The first-order valence-corrected chi connectivity index (χ1v) is 15.4. The van der Waals surface area contributed by atoms with E-state index < -0.39 is 15.4 Å². The Labute approximate surface area is 236 Å². The maximum atomic E-state index is 2.38. The van der Waals surface area contributed by atoms with Crippen LogP contribution in [0, 0.1) is 0 Å². The molecule has 208 valence electrons. The van der Waals surface area contributed by atoms with Gasteiger partial charge in [-0.05, 0) is 11.1 Å². The highest BCUT2D eigenvalue weighted by atomic mass is 35.5. The van der Waals surface area contributed by atoms with Crippen LogP contribution in [0.25, 0.3) is 0 Å². The molecule has 0 spiro atoms. The second-order valence-corrected chi connectivity index (χ2v) is 18.0. The van der Waals surface area contributed by atoms with Gasteiger partial charge in [0.1, 0.15) is 12.3 Å². The molecule has 0 aliphatic heterocycles. The van der Waals surface area contributed by atoms with Crippen LogP contribution in [0.15, 0.2) is 60.7 Å². The van der Waals surface area contributed by atoms with Gasteiger partial charge in [0.05, 0.1) is 0 Å². The van der Waals surface area contributed by atoms with Crippen LogP contribution in [0.1, 0.15) is 11.1 Å². The summed E-state index contributed by atoms with van der Waals surface area (Å²) in [5.74, 6) is 0. The number of rotatable bonds is 10. The van der Waals surface area contributed by atoms with Gasteiger partial charge in [0, 0.05) is 84.6 Å². The van der Waals surface area contributed by atoms with Crippen molar-refractivity contribution in [3.63, 3.8) is 0 Å². The summed E-state index contributed by atoms with van der Waals surface area (Å²) in [5, 5.41) is 0. The molecule has 6 nitrogen and oxygen atoms in total. The largest absolute Gasteiger partial charge is 1.00 e. The molecule has 0 unspecified atom stereocenters. The average Bonchev–Trinajstić information content (AvgIpc) is 2.76. The van der Waals surface area contributed by atoms with E-state index in [0.717, 1.165) is 12.3 Å². The highest BCUT2D eigenvalue weighted by molar-refractivity contribution is 7.68. The molecule has 2 rings (SSSR count). The lowest BCUT2D eigenvalue weighted by Gasteiger charge is -2.40. The first kappa shape index (κ1) is 37.8. The maximum Gasteiger partial charge on any atom is 0.230 e. The van der Waals surface area contributed by atoms with E-state index >= 15 is 0 Å². The Kier molecular flexibility index (Phi) is 18.1. The van der Waals surface area contributed by atoms with E-state index in [2.05, 4.69) is 173 Å². The summed E-state index contributed by atoms with van der Waals surface area (Å²) in [4.78, 5) is 0. The zero-order valence-corrected chi connectivity index (χ0v) is 27.8. The third kappa shape index (κ3) is 9.43. The first-order valence-electron chi connectivity index (χ1n) is 11.7. The van der Waals surface area contributed by atoms with Gasteiger partial charge in [-0.3, -0.25) is 0 Å². The summed E-state index contributed by atoms with van der Waals surface area (Å²) in [6, 6.07) is 21.5. The number of nitrogens with zero attached hydrogens (tertiary/aromatic N) is 6. The van der Waals surface area contributed by atoms with Crippen LogP contribution in [-0.4, -0.2) is 113 Å². The van der Waals surface area contributed by atoms with Crippen molar-refractivity contribution in [1.82, 2.24) is 28.0 Å². The Hall–Kier alpha value is -0.360. The number of hydrogen-bond donors (Lipinski definition) is 0. The van der Waals surface area contributed by atoms with E-state index in [0.29, 0.717) is 0 Å². The van der Waals surface area contributed by atoms with Gasteiger partial charge in [-0.25, -0.2) is 0 Å². The third-order valence-corrected chi connectivity index (χ3v) is 15.6. The Bertz CT molecular complexity index is 709. The zero-order valence-electron chi connectivity index (χ0n) is 24.5. The van der Waals surface area contributed by atoms with E-state index in [4.69, 9.17) is 0 Å². The minimum atomic E-state index is -1.43. The molecule has 2 aromatic rings. The van der Waals surface area contributed by atoms with Gasteiger partial charge in [-0.15, -0.1) is 0 Å². The number of benzene rings is 2. The molecule has 0 bridgehead atoms. The minimum absolute atomic E-state index is 0. The van der Waals surface area contributed by atoms with E-state index in [1.807, 2.05) is 0 Å². The van der Waals surface area contributed by atoms with Crippen LogP contribution in [0.3, 0.4) is 0 Å². The highest BCUT2D eigenvalue weighted by Gasteiger charge is 2.48. The van der Waals surface area contributed by atoms with E-state index in [1.54, 1.807) is 0 Å². The standard InChI is InChI=1S/2C13H25N3P.2ClH/c2*1-14(2)17(15(3)4,16(5)6)12-13-10-8-7-9-11-13;;/h2*7-11H,12H2,1-6H3;2*1H/q2*+1;;/p-2. The molecule has 0 radical (unpaired) electrons. The predicted molar refractivity (Wildman–Crippen MR) is 156 cm³/mol. The predicted octanol–water partition coefficient (Wildman–Crippen LogP) is -0.724. The van der Waals surface area contributed by atoms with Crippen molar-refractivity contribution in [3.05, 3.63) is 71.8 Å². The summed E-state index contributed by atoms with van der Waals surface area (Å²) < 4.78 is 14.2. The molecule has 0 aromatic heterocycles. The third-order valence-electron chi connectivity index (χ3n) is 6.32. The molecule has 0 saturated heterocycles. The topological polar surface area (TPSA) is 19.4 Å². The van der Waals surface area contributed by atoms with E-state index in [9.17, 15) is 0 Å². The van der Waals surface area contributed by atoms with Gasteiger partial charge in [0.25, 0.3) is 0 Å². The summed E-state index contributed by atoms with van der Waals surface area (Å²) >= 11 is 0. The van der Waals surface area contributed by atoms with Crippen molar-refractivity contribution < 1.29 is 24.8 Å². The molecule has 2 aromatic carbocycles. The summed E-state index contributed by atoms with van der Waals surface area (Å²) in [7, 11) is 23.3. The molecular weight excluding hydrogens is 529 g/mol. The monoisotopic (exact) mass is 578 g/mol. The van der Waals surface area contributed by atoms with Crippen molar-refractivity contribution in [3.8, 4) is 0 Å². The summed E-state index contributed by atoms with van der Waals surface area (Å²) in [5.41, 5.74) is 2.80. The van der Waals surface area contributed by atoms with Gasteiger partial charge in [-0.2, -0.15) is 28.0 Å². The Morgan fingerprint density at radius 2 is 0.583 bits per heavy atom. The Morgan fingerprint density at radius 3 is 0.750 bits per heavy atom. The van der Waals surface area contributed by atoms with Gasteiger partial charge >= 0.3 is 0 Å². The molecular formula is C26H50Cl2N6P2. The molecule has 10 heteroatoms. The molecule has 0 amide bonds. The lowest BCUT2D eigenvalue weighted by molar-refractivity contribution is -0.00100. The molecule has 0 saturated carbocycles. The van der Waals surface area contributed by atoms with Crippen molar-refractivity contribution in [2.75, 3.05) is 84.6 Å². The summed E-state index contributed by atoms with van der Waals surface area (Å²) in [6.07, 6.45) is 2.17. The smallest absolute Gasteiger partial charge is 0.230 e. The first-order chi connectivity index (χ1) is 15.8. The van der Waals surface area contributed by atoms with Gasteiger partial charge in [0.2, 0.25) is 15.4 Å². The van der Waals surface area contributed by atoms with Crippen LogP contribution in [-0.2, 0) is 12.3 Å². The fourth-order valence-electron chi connectivity index (χ4n) is 4.65. The number of halogens is 2. The Morgan fingerprint density at radius 1 is 0.389 bits per heavy atom. The van der Waals surface area contributed by atoms with Crippen molar-refractivity contribution in [1.29, 1.82) is 0 Å². The summed E-state index contributed by atoms with van der Waals surface area (Å²) in [6.45, 7) is 0. The quantitative estimate of drug-likeness (QED) is 0.344. The average molecular weight is 580 g/mol. The molecule has 0 atom stereocenters. The van der Waals surface area contributed by atoms with Crippen LogP contribution < -0.4 is 24.8 Å². The number of hydrogen-bond acceptors (Lipinski definition) is 6. The SMILES string of the molecule is CN(C)[P+](Cc1ccccc1)(N(C)C)N(C)C.CN(C)[P+](Cc1ccccc1)(N(C)C)N(C)C.[Cl-].[Cl-]. The van der Waals surface area contributed by atoms with E-state index in [1.165, 1.54) is 11.1 Å². The molecule has 0 aliphatic rings. The van der Waals surface area contributed by atoms with Gasteiger partial charge < -0.3 is 24.8 Å². The van der Waals surface area contributed by atoms with Crippen molar-refractivity contribution in [2.24, 2.45) is 0 Å². The highest BCUT2D eigenvalue weighted by Crippen LogP contribution is 2.66.